The van der Waals surface area contributed by atoms with Crippen LogP contribution in [0, 0.1) is 0 Å². The van der Waals surface area contributed by atoms with Crippen LogP contribution in [0.2, 0.25) is 0 Å². The maximum Gasteiger partial charge on any atom is 0.237 e. The van der Waals surface area contributed by atoms with Gasteiger partial charge in [-0.1, -0.05) is 36.4 Å². The molecule has 1 fully saturated rings. The molecule has 132 valence electrons. The van der Waals surface area contributed by atoms with Gasteiger partial charge in [0.25, 0.3) is 0 Å². The molecule has 1 aliphatic rings. The van der Waals surface area contributed by atoms with E-state index in [2.05, 4.69) is 38.9 Å². The van der Waals surface area contributed by atoms with Gasteiger partial charge in [0.2, 0.25) is 5.91 Å². The lowest BCUT2D eigenvalue weighted by Crippen LogP contribution is -2.48. The highest BCUT2D eigenvalue weighted by Gasteiger charge is 2.29. The van der Waals surface area contributed by atoms with E-state index < -0.39 is 0 Å². The number of nitrogens with one attached hydrogen (secondary N) is 2. The van der Waals surface area contributed by atoms with Crippen LogP contribution < -0.4 is 5.32 Å². The Morgan fingerprint density at radius 3 is 3.04 bits per heavy atom. The minimum absolute atomic E-state index is 0.0602. The summed E-state index contributed by atoms with van der Waals surface area (Å²) in [6, 6.07) is 10.1. The topological polar surface area (TPSA) is 61.0 Å². The van der Waals surface area contributed by atoms with Crippen LogP contribution in [0.5, 0.6) is 0 Å². The lowest BCUT2D eigenvalue weighted by atomic mass is 9.96. The van der Waals surface area contributed by atoms with Crippen molar-refractivity contribution in [3.63, 3.8) is 0 Å². The average molecular weight is 338 g/mol. The molecule has 0 bridgehead atoms. The zero-order valence-corrected chi connectivity index (χ0v) is 14.7. The van der Waals surface area contributed by atoms with Crippen LogP contribution in [0.4, 0.5) is 0 Å². The van der Waals surface area contributed by atoms with E-state index in [4.69, 9.17) is 0 Å². The van der Waals surface area contributed by atoms with Crippen molar-refractivity contribution in [1.29, 1.82) is 0 Å². The largest absolute Gasteiger partial charge is 0.351 e. The van der Waals surface area contributed by atoms with Gasteiger partial charge in [-0.2, -0.15) is 0 Å². The van der Waals surface area contributed by atoms with Crippen LogP contribution >= 0.6 is 0 Å². The van der Waals surface area contributed by atoms with Gasteiger partial charge in [0.15, 0.2) is 0 Å². The van der Waals surface area contributed by atoms with E-state index in [1.807, 2.05) is 31.3 Å². The summed E-state index contributed by atoms with van der Waals surface area (Å²) in [6.07, 6.45) is 5.78. The number of carbonyl (C=O) groups excluding carboxylic acids is 1. The minimum atomic E-state index is -0.133. The molecule has 0 spiro atoms. The Kier molecular flexibility index (Phi) is 5.66. The third kappa shape index (κ3) is 4.17. The third-order valence-corrected chi connectivity index (χ3v) is 4.87. The number of amides is 1. The Morgan fingerprint density at radius 1 is 1.48 bits per heavy atom. The van der Waals surface area contributed by atoms with Crippen LogP contribution in [0.1, 0.15) is 31.5 Å². The first-order valence-corrected chi connectivity index (χ1v) is 8.92. The van der Waals surface area contributed by atoms with E-state index in [1.54, 1.807) is 6.08 Å². The lowest BCUT2D eigenvalue weighted by Gasteiger charge is -2.35. The first-order valence-electron chi connectivity index (χ1n) is 8.92. The molecule has 2 atom stereocenters. The van der Waals surface area contributed by atoms with Crippen molar-refractivity contribution in [2.45, 2.75) is 31.7 Å². The number of piperidine rings is 1. The number of imidazole rings is 1. The van der Waals surface area contributed by atoms with Gasteiger partial charge in [0, 0.05) is 19.0 Å². The molecule has 1 aromatic heterocycles. The molecule has 2 N–H and O–H groups in total. The van der Waals surface area contributed by atoms with E-state index in [-0.39, 0.29) is 11.9 Å². The third-order valence-electron chi connectivity index (χ3n) is 4.87. The molecule has 0 radical (unpaired) electrons. The Labute approximate surface area is 149 Å². The molecule has 25 heavy (non-hydrogen) atoms. The van der Waals surface area contributed by atoms with Gasteiger partial charge in [0.05, 0.1) is 17.9 Å². The zero-order chi connectivity index (χ0) is 17.6. The Morgan fingerprint density at radius 2 is 2.28 bits per heavy atom. The molecule has 0 aliphatic carbocycles. The summed E-state index contributed by atoms with van der Waals surface area (Å²) >= 11 is 0. The van der Waals surface area contributed by atoms with Crippen molar-refractivity contribution < 1.29 is 4.79 Å². The molecular formula is C20H26N4O. The molecule has 1 saturated heterocycles. The van der Waals surface area contributed by atoms with Crippen LogP contribution in [0.3, 0.4) is 0 Å². The van der Waals surface area contributed by atoms with E-state index in [9.17, 15) is 4.79 Å². The van der Waals surface area contributed by atoms with Crippen molar-refractivity contribution >= 4 is 5.91 Å². The second-order valence-electron chi connectivity index (χ2n) is 6.59. The van der Waals surface area contributed by atoms with Gasteiger partial charge in [-0.15, -0.1) is 6.58 Å². The SMILES string of the molecule is C=CCNC(=O)[C@@H](C)N1CCC[C@@H](c2ncc(-c3ccccc3)[nH]2)C1. The molecule has 1 aliphatic heterocycles. The fourth-order valence-corrected chi connectivity index (χ4v) is 3.38. The van der Waals surface area contributed by atoms with Crippen molar-refractivity contribution in [3.8, 4) is 11.3 Å². The van der Waals surface area contributed by atoms with Gasteiger partial charge in [-0.3, -0.25) is 9.69 Å². The highest BCUT2D eigenvalue weighted by molar-refractivity contribution is 5.81. The van der Waals surface area contributed by atoms with E-state index in [1.165, 1.54) is 0 Å². The number of benzene rings is 1. The van der Waals surface area contributed by atoms with Gasteiger partial charge in [-0.05, 0) is 31.9 Å². The molecule has 5 heteroatoms. The molecule has 2 heterocycles. The van der Waals surface area contributed by atoms with Gasteiger partial charge in [0.1, 0.15) is 5.82 Å². The van der Waals surface area contributed by atoms with E-state index in [0.29, 0.717) is 12.5 Å². The number of nitrogens with zero attached hydrogens (tertiary/aromatic N) is 2. The zero-order valence-electron chi connectivity index (χ0n) is 14.7. The highest BCUT2D eigenvalue weighted by Crippen LogP contribution is 2.28. The molecule has 0 saturated carbocycles. The van der Waals surface area contributed by atoms with Crippen molar-refractivity contribution in [3.05, 3.63) is 55.0 Å². The molecule has 1 amide bonds. The number of hydrogen-bond donors (Lipinski definition) is 2. The normalized spacial score (nSPS) is 19.3. The Bertz CT molecular complexity index is 709. The maximum atomic E-state index is 12.2. The summed E-state index contributed by atoms with van der Waals surface area (Å²) in [7, 11) is 0. The minimum Gasteiger partial charge on any atom is -0.351 e. The summed E-state index contributed by atoms with van der Waals surface area (Å²) in [4.78, 5) is 22.5. The maximum absolute atomic E-state index is 12.2. The summed E-state index contributed by atoms with van der Waals surface area (Å²) in [5.41, 5.74) is 2.19. The quantitative estimate of drug-likeness (QED) is 0.796. The number of likely N-dealkylation sites (tertiary alicyclic amines) is 1. The number of aromatic amines is 1. The molecule has 2 aromatic rings. The fraction of sp³-hybridized carbons (Fsp3) is 0.400. The molecule has 1 aromatic carbocycles. The number of aromatic nitrogens is 2. The number of rotatable bonds is 6. The lowest BCUT2D eigenvalue weighted by molar-refractivity contribution is -0.126. The summed E-state index contributed by atoms with van der Waals surface area (Å²) < 4.78 is 0. The summed E-state index contributed by atoms with van der Waals surface area (Å²) in [5, 5.41) is 2.89. The van der Waals surface area contributed by atoms with Crippen molar-refractivity contribution in [2.75, 3.05) is 19.6 Å². The predicted octanol–water partition coefficient (Wildman–Crippen LogP) is 2.95. The molecule has 0 unspecified atom stereocenters. The first-order chi connectivity index (χ1) is 12.2. The summed E-state index contributed by atoms with van der Waals surface area (Å²) in [5.74, 6) is 1.41. The first kappa shape index (κ1) is 17.4. The molecule has 3 rings (SSSR count). The Hall–Kier alpha value is -2.40. The number of hydrogen-bond acceptors (Lipinski definition) is 3. The smallest absolute Gasteiger partial charge is 0.237 e. The van der Waals surface area contributed by atoms with Crippen LogP contribution in [0.25, 0.3) is 11.3 Å². The van der Waals surface area contributed by atoms with Crippen LogP contribution in [0.15, 0.2) is 49.2 Å². The second-order valence-corrected chi connectivity index (χ2v) is 6.59. The monoisotopic (exact) mass is 338 g/mol. The molecular weight excluding hydrogens is 312 g/mol. The van der Waals surface area contributed by atoms with Crippen molar-refractivity contribution in [1.82, 2.24) is 20.2 Å². The van der Waals surface area contributed by atoms with Crippen LogP contribution in [-0.4, -0.2) is 46.5 Å². The number of carbonyl (C=O) groups is 1. The fourth-order valence-electron chi connectivity index (χ4n) is 3.38. The predicted molar refractivity (Wildman–Crippen MR) is 100 cm³/mol. The Balaban J connectivity index is 1.66. The van der Waals surface area contributed by atoms with E-state index in [0.717, 1.165) is 43.0 Å². The van der Waals surface area contributed by atoms with E-state index >= 15 is 0 Å². The van der Waals surface area contributed by atoms with Gasteiger partial charge in [-0.25, -0.2) is 4.98 Å². The summed E-state index contributed by atoms with van der Waals surface area (Å²) in [6.45, 7) is 7.93. The standard InChI is InChI=1S/C20H26N4O/c1-3-11-21-20(25)15(2)24-12-7-10-17(14-24)19-22-13-18(23-19)16-8-5-4-6-9-16/h3-6,8-9,13,15,17H,1,7,10-12,14H2,2H3,(H,21,25)(H,22,23)/t15-,17-/m1/s1. The average Bonchev–Trinajstić information content (AvgIpc) is 3.16. The second kappa shape index (κ2) is 8.12. The van der Waals surface area contributed by atoms with Gasteiger partial charge < -0.3 is 10.3 Å². The van der Waals surface area contributed by atoms with Crippen LogP contribution in [-0.2, 0) is 4.79 Å². The number of H-pyrrole nitrogens is 1. The van der Waals surface area contributed by atoms with Crippen molar-refractivity contribution in [2.24, 2.45) is 0 Å². The van der Waals surface area contributed by atoms with Gasteiger partial charge >= 0.3 is 0 Å². The molecule has 5 nitrogen and oxygen atoms in total. The highest BCUT2D eigenvalue weighted by atomic mass is 16.2.